The Morgan fingerprint density at radius 2 is 1.81 bits per heavy atom. The number of amides is 1. The molecule has 0 spiro atoms. The largest absolute Gasteiger partial charge is 0.349 e. The van der Waals surface area contributed by atoms with Crippen LogP contribution in [0.25, 0.3) is 5.69 Å². The maximum Gasteiger partial charge on any atom is 0.225 e. The van der Waals surface area contributed by atoms with Gasteiger partial charge in [-0.05, 0) is 62.7 Å². The molecule has 0 saturated carbocycles. The van der Waals surface area contributed by atoms with E-state index in [9.17, 15) is 9.18 Å². The number of aryl methyl sites for hydroxylation is 1. The van der Waals surface area contributed by atoms with Crippen molar-refractivity contribution < 1.29 is 9.18 Å². The van der Waals surface area contributed by atoms with Crippen LogP contribution in [0, 0.1) is 19.7 Å². The smallest absolute Gasteiger partial charge is 0.225 e. The van der Waals surface area contributed by atoms with Crippen molar-refractivity contribution in [2.45, 2.75) is 33.2 Å². The van der Waals surface area contributed by atoms with Gasteiger partial charge in [0.2, 0.25) is 5.91 Å². The Bertz CT molecular complexity index is 904. The standard InChI is InChI=1S/C20H21FN4O/c1-13(16-8-10-22-11-9-16)23-20(26)12-19-14(2)24-25(15(19)3)18-6-4-17(21)5-7-18/h4-11,13H,12H2,1-3H3,(H,23,26). The summed E-state index contributed by atoms with van der Waals surface area (Å²) < 4.78 is 14.9. The summed E-state index contributed by atoms with van der Waals surface area (Å²) in [5.41, 5.74) is 4.32. The third-order valence-electron chi connectivity index (χ3n) is 4.43. The van der Waals surface area contributed by atoms with E-state index < -0.39 is 0 Å². The average Bonchev–Trinajstić information content (AvgIpc) is 2.91. The number of carbonyl (C=O) groups is 1. The summed E-state index contributed by atoms with van der Waals surface area (Å²) in [5, 5.41) is 7.51. The number of nitrogens with zero attached hydrogens (tertiary/aromatic N) is 3. The second kappa shape index (κ2) is 7.47. The molecule has 2 heterocycles. The monoisotopic (exact) mass is 352 g/mol. The average molecular weight is 352 g/mol. The van der Waals surface area contributed by atoms with Crippen molar-refractivity contribution in [3.05, 3.63) is 77.1 Å². The van der Waals surface area contributed by atoms with Gasteiger partial charge >= 0.3 is 0 Å². The van der Waals surface area contributed by atoms with Crippen molar-refractivity contribution >= 4 is 5.91 Å². The fourth-order valence-electron chi connectivity index (χ4n) is 2.95. The van der Waals surface area contributed by atoms with Gasteiger partial charge < -0.3 is 5.32 Å². The molecular formula is C20H21FN4O. The normalized spacial score (nSPS) is 12.0. The molecule has 1 amide bonds. The van der Waals surface area contributed by atoms with Crippen molar-refractivity contribution in [1.82, 2.24) is 20.1 Å². The molecule has 0 fully saturated rings. The van der Waals surface area contributed by atoms with E-state index in [4.69, 9.17) is 0 Å². The van der Waals surface area contributed by atoms with Gasteiger partial charge in [-0.1, -0.05) is 0 Å². The quantitative estimate of drug-likeness (QED) is 0.765. The summed E-state index contributed by atoms with van der Waals surface area (Å²) in [5.74, 6) is -0.362. The zero-order valence-corrected chi connectivity index (χ0v) is 15.0. The number of aromatic nitrogens is 3. The van der Waals surface area contributed by atoms with Gasteiger partial charge in [-0.25, -0.2) is 9.07 Å². The molecule has 0 aliphatic carbocycles. The van der Waals surface area contributed by atoms with Gasteiger partial charge in [0, 0.05) is 23.7 Å². The molecule has 2 aromatic heterocycles. The molecule has 0 saturated heterocycles. The highest BCUT2D eigenvalue weighted by Gasteiger charge is 2.17. The lowest BCUT2D eigenvalue weighted by Crippen LogP contribution is -2.28. The molecule has 134 valence electrons. The van der Waals surface area contributed by atoms with E-state index in [1.54, 1.807) is 29.2 Å². The van der Waals surface area contributed by atoms with Crippen molar-refractivity contribution in [1.29, 1.82) is 0 Å². The molecule has 0 radical (unpaired) electrons. The Kier molecular flexibility index (Phi) is 5.11. The Morgan fingerprint density at radius 1 is 1.15 bits per heavy atom. The SMILES string of the molecule is Cc1nn(-c2ccc(F)cc2)c(C)c1CC(=O)NC(C)c1ccncc1. The minimum Gasteiger partial charge on any atom is -0.349 e. The van der Waals surface area contributed by atoms with Crippen LogP contribution in [-0.4, -0.2) is 20.7 Å². The number of hydrogen-bond acceptors (Lipinski definition) is 3. The molecule has 6 heteroatoms. The highest BCUT2D eigenvalue weighted by Crippen LogP contribution is 2.19. The summed E-state index contributed by atoms with van der Waals surface area (Å²) in [6.45, 7) is 5.73. The first-order chi connectivity index (χ1) is 12.5. The summed E-state index contributed by atoms with van der Waals surface area (Å²) >= 11 is 0. The van der Waals surface area contributed by atoms with Gasteiger partial charge in [0.05, 0.1) is 23.8 Å². The number of rotatable bonds is 5. The molecule has 1 atom stereocenters. The van der Waals surface area contributed by atoms with Gasteiger partial charge in [-0.15, -0.1) is 0 Å². The molecule has 1 N–H and O–H groups in total. The van der Waals surface area contributed by atoms with Gasteiger partial charge in [0.15, 0.2) is 0 Å². The maximum atomic E-state index is 13.1. The third kappa shape index (κ3) is 3.79. The van der Waals surface area contributed by atoms with E-state index in [0.29, 0.717) is 0 Å². The molecule has 0 aliphatic rings. The van der Waals surface area contributed by atoms with Gasteiger partial charge in [-0.3, -0.25) is 9.78 Å². The van der Waals surface area contributed by atoms with Crippen LogP contribution in [0.5, 0.6) is 0 Å². The Balaban J connectivity index is 1.75. The number of nitrogens with one attached hydrogen (secondary N) is 1. The molecule has 0 aliphatic heterocycles. The van der Waals surface area contributed by atoms with Gasteiger partial charge in [0.25, 0.3) is 0 Å². The minimum absolute atomic E-state index is 0.0702. The van der Waals surface area contributed by atoms with Crippen LogP contribution in [0.4, 0.5) is 4.39 Å². The van der Waals surface area contributed by atoms with Crippen molar-refractivity contribution in [3.8, 4) is 5.69 Å². The molecule has 5 nitrogen and oxygen atoms in total. The molecule has 26 heavy (non-hydrogen) atoms. The first-order valence-electron chi connectivity index (χ1n) is 8.46. The lowest BCUT2D eigenvalue weighted by Gasteiger charge is -2.14. The number of pyridine rings is 1. The number of benzene rings is 1. The highest BCUT2D eigenvalue weighted by molar-refractivity contribution is 5.79. The van der Waals surface area contributed by atoms with E-state index in [0.717, 1.165) is 28.2 Å². The Labute approximate surface area is 151 Å². The van der Waals surface area contributed by atoms with Crippen LogP contribution < -0.4 is 5.32 Å². The first kappa shape index (κ1) is 17.8. The van der Waals surface area contributed by atoms with E-state index in [1.165, 1.54) is 12.1 Å². The number of hydrogen-bond donors (Lipinski definition) is 1. The van der Waals surface area contributed by atoms with E-state index >= 15 is 0 Å². The molecule has 3 rings (SSSR count). The predicted molar refractivity (Wildman–Crippen MR) is 97.5 cm³/mol. The van der Waals surface area contributed by atoms with Crippen molar-refractivity contribution in [3.63, 3.8) is 0 Å². The zero-order valence-electron chi connectivity index (χ0n) is 15.0. The molecule has 1 aromatic carbocycles. The highest BCUT2D eigenvalue weighted by atomic mass is 19.1. The van der Waals surface area contributed by atoms with E-state index in [2.05, 4.69) is 15.4 Å². The third-order valence-corrected chi connectivity index (χ3v) is 4.43. The van der Waals surface area contributed by atoms with Crippen LogP contribution >= 0.6 is 0 Å². The summed E-state index contributed by atoms with van der Waals surface area (Å²) in [6, 6.07) is 9.80. The Morgan fingerprint density at radius 3 is 2.46 bits per heavy atom. The summed E-state index contributed by atoms with van der Waals surface area (Å²) in [7, 11) is 0. The number of halogens is 1. The van der Waals surface area contributed by atoms with Crippen molar-refractivity contribution in [2.75, 3.05) is 0 Å². The molecule has 1 unspecified atom stereocenters. The zero-order chi connectivity index (χ0) is 18.7. The second-order valence-corrected chi connectivity index (χ2v) is 6.28. The van der Waals surface area contributed by atoms with E-state index in [-0.39, 0.29) is 24.2 Å². The summed E-state index contributed by atoms with van der Waals surface area (Å²) in [4.78, 5) is 16.5. The maximum absolute atomic E-state index is 13.1. The lowest BCUT2D eigenvalue weighted by atomic mass is 10.1. The molecular weight excluding hydrogens is 331 g/mol. The van der Waals surface area contributed by atoms with E-state index in [1.807, 2.05) is 32.9 Å². The first-order valence-corrected chi connectivity index (χ1v) is 8.46. The van der Waals surface area contributed by atoms with Crippen LogP contribution in [0.1, 0.15) is 35.5 Å². The second-order valence-electron chi connectivity index (χ2n) is 6.28. The Hall–Kier alpha value is -3.02. The topological polar surface area (TPSA) is 59.8 Å². The van der Waals surface area contributed by atoms with Crippen LogP contribution in [0.2, 0.25) is 0 Å². The fourth-order valence-corrected chi connectivity index (χ4v) is 2.95. The minimum atomic E-state index is -0.292. The molecule has 3 aromatic rings. The lowest BCUT2D eigenvalue weighted by molar-refractivity contribution is -0.121. The number of carbonyl (C=O) groups excluding carboxylic acids is 1. The van der Waals surface area contributed by atoms with Crippen LogP contribution in [0.3, 0.4) is 0 Å². The predicted octanol–water partition coefficient (Wildman–Crippen LogP) is 3.44. The fraction of sp³-hybridized carbons (Fsp3) is 0.250. The van der Waals surface area contributed by atoms with Crippen molar-refractivity contribution in [2.24, 2.45) is 0 Å². The molecule has 0 bridgehead atoms. The van der Waals surface area contributed by atoms with Crippen LogP contribution in [-0.2, 0) is 11.2 Å². The van der Waals surface area contributed by atoms with Gasteiger partial charge in [-0.2, -0.15) is 5.10 Å². The van der Waals surface area contributed by atoms with Gasteiger partial charge in [0.1, 0.15) is 5.82 Å². The van der Waals surface area contributed by atoms with Crippen LogP contribution in [0.15, 0.2) is 48.8 Å². The summed E-state index contributed by atoms with van der Waals surface area (Å²) in [6.07, 6.45) is 3.66.